The van der Waals surface area contributed by atoms with Crippen molar-refractivity contribution in [2.24, 2.45) is 0 Å². The summed E-state index contributed by atoms with van der Waals surface area (Å²) in [4.78, 5) is 22.6. The van der Waals surface area contributed by atoms with Crippen molar-refractivity contribution in [2.75, 3.05) is 26.0 Å². The van der Waals surface area contributed by atoms with Crippen LogP contribution in [0.15, 0.2) is 18.2 Å². The number of nitro groups is 1. The van der Waals surface area contributed by atoms with E-state index in [0.29, 0.717) is 0 Å². The SMILES string of the molecule is CN(C)C(=O)CCNc1cc(F)cc([N+](=O)[O-])c1. The van der Waals surface area contributed by atoms with Gasteiger partial charge in [0.2, 0.25) is 5.91 Å². The zero-order valence-electron chi connectivity index (χ0n) is 10.1. The molecule has 1 rings (SSSR count). The summed E-state index contributed by atoms with van der Waals surface area (Å²) in [5.41, 5.74) is -0.0373. The average molecular weight is 255 g/mol. The number of benzene rings is 1. The first-order chi connectivity index (χ1) is 8.40. The van der Waals surface area contributed by atoms with Crippen molar-refractivity contribution >= 4 is 17.3 Å². The summed E-state index contributed by atoms with van der Waals surface area (Å²) in [6.07, 6.45) is 0.233. The monoisotopic (exact) mass is 255 g/mol. The van der Waals surface area contributed by atoms with Gasteiger partial charge in [-0.2, -0.15) is 0 Å². The second-order valence-electron chi connectivity index (χ2n) is 3.92. The number of hydrogen-bond acceptors (Lipinski definition) is 4. The minimum Gasteiger partial charge on any atom is -0.384 e. The highest BCUT2D eigenvalue weighted by atomic mass is 19.1. The molecule has 0 atom stereocenters. The summed E-state index contributed by atoms with van der Waals surface area (Å²) >= 11 is 0. The predicted octanol–water partition coefficient (Wildman–Crippen LogP) is 1.62. The van der Waals surface area contributed by atoms with Crippen LogP contribution in [0, 0.1) is 15.9 Å². The Bertz CT molecular complexity index is 463. The van der Waals surface area contributed by atoms with Gasteiger partial charge in [0.25, 0.3) is 5.69 Å². The molecular formula is C11H14FN3O3. The normalized spacial score (nSPS) is 9.94. The van der Waals surface area contributed by atoms with E-state index in [0.717, 1.165) is 12.1 Å². The Morgan fingerprint density at radius 2 is 2.11 bits per heavy atom. The van der Waals surface area contributed by atoms with E-state index in [9.17, 15) is 19.3 Å². The molecule has 1 amide bonds. The Balaban J connectivity index is 2.62. The van der Waals surface area contributed by atoms with Crippen LogP contribution in [0.3, 0.4) is 0 Å². The Labute approximate surface area is 104 Å². The molecule has 0 bridgehead atoms. The summed E-state index contributed by atoms with van der Waals surface area (Å²) in [5.74, 6) is -0.765. The van der Waals surface area contributed by atoms with Crippen LogP contribution in [0.2, 0.25) is 0 Å². The van der Waals surface area contributed by atoms with Gasteiger partial charge in [-0.3, -0.25) is 14.9 Å². The summed E-state index contributed by atoms with van der Waals surface area (Å²) in [6, 6.07) is 3.21. The van der Waals surface area contributed by atoms with Crippen molar-refractivity contribution in [1.82, 2.24) is 4.90 Å². The molecule has 7 heteroatoms. The molecule has 1 aromatic rings. The summed E-state index contributed by atoms with van der Waals surface area (Å²) in [6.45, 7) is 0.289. The van der Waals surface area contributed by atoms with Gasteiger partial charge in [-0.1, -0.05) is 0 Å². The lowest BCUT2D eigenvalue weighted by molar-refractivity contribution is -0.385. The molecule has 0 aliphatic rings. The molecule has 0 aliphatic carbocycles. The van der Waals surface area contributed by atoms with Crippen LogP contribution in [0.25, 0.3) is 0 Å². The van der Waals surface area contributed by atoms with Crippen LogP contribution in [0.5, 0.6) is 0 Å². The highest BCUT2D eigenvalue weighted by molar-refractivity contribution is 5.76. The number of amides is 1. The number of nitrogens with one attached hydrogen (secondary N) is 1. The van der Waals surface area contributed by atoms with E-state index in [-0.39, 0.29) is 30.2 Å². The molecule has 0 fully saturated rings. The van der Waals surface area contributed by atoms with E-state index in [1.807, 2.05) is 0 Å². The van der Waals surface area contributed by atoms with E-state index in [1.165, 1.54) is 11.0 Å². The number of carbonyl (C=O) groups is 1. The van der Waals surface area contributed by atoms with Gasteiger partial charge in [0.15, 0.2) is 0 Å². The maximum Gasteiger partial charge on any atom is 0.274 e. The van der Waals surface area contributed by atoms with E-state index >= 15 is 0 Å². The van der Waals surface area contributed by atoms with Crippen LogP contribution in [0.4, 0.5) is 15.8 Å². The molecule has 18 heavy (non-hydrogen) atoms. The molecule has 0 aromatic heterocycles. The number of hydrogen-bond donors (Lipinski definition) is 1. The Hall–Kier alpha value is -2.18. The second kappa shape index (κ2) is 5.95. The highest BCUT2D eigenvalue weighted by Crippen LogP contribution is 2.19. The number of non-ortho nitro benzene ring substituents is 1. The Morgan fingerprint density at radius 1 is 1.44 bits per heavy atom. The topological polar surface area (TPSA) is 75.5 Å². The number of nitro benzene ring substituents is 1. The van der Waals surface area contributed by atoms with Gasteiger partial charge in [-0.15, -0.1) is 0 Å². The van der Waals surface area contributed by atoms with Gasteiger partial charge >= 0.3 is 0 Å². The standard InChI is InChI=1S/C11H14FN3O3/c1-14(2)11(16)3-4-13-9-5-8(12)6-10(7-9)15(17)18/h5-7,13H,3-4H2,1-2H3. The third-order valence-corrected chi connectivity index (χ3v) is 2.26. The van der Waals surface area contributed by atoms with Gasteiger partial charge in [0.1, 0.15) is 5.82 Å². The third-order valence-electron chi connectivity index (χ3n) is 2.26. The third kappa shape index (κ3) is 4.00. The van der Waals surface area contributed by atoms with Crippen LogP contribution in [-0.4, -0.2) is 36.4 Å². The minimum absolute atomic E-state index is 0.0756. The van der Waals surface area contributed by atoms with Gasteiger partial charge in [-0.25, -0.2) is 4.39 Å². The number of carbonyl (C=O) groups excluding carboxylic acids is 1. The largest absolute Gasteiger partial charge is 0.384 e. The van der Waals surface area contributed by atoms with Crippen LogP contribution >= 0.6 is 0 Å². The van der Waals surface area contributed by atoms with Crippen molar-refractivity contribution in [3.8, 4) is 0 Å². The van der Waals surface area contributed by atoms with E-state index < -0.39 is 10.7 Å². The quantitative estimate of drug-likeness (QED) is 0.640. The number of halogens is 1. The molecule has 1 aromatic carbocycles. The molecule has 6 nitrogen and oxygen atoms in total. The number of anilines is 1. The van der Waals surface area contributed by atoms with Gasteiger partial charge in [-0.05, 0) is 6.07 Å². The first-order valence-electron chi connectivity index (χ1n) is 5.29. The maximum atomic E-state index is 13.1. The van der Waals surface area contributed by atoms with Crippen molar-refractivity contribution in [3.63, 3.8) is 0 Å². The number of rotatable bonds is 5. The molecule has 0 spiro atoms. The minimum atomic E-state index is -0.689. The number of nitrogens with zero attached hydrogens (tertiary/aromatic N) is 2. The van der Waals surface area contributed by atoms with E-state index in [1.54, 1.807) is 14.1 Å². The fourth-order valence-electron chi connectivity index (χ4n) is 1.32. The average Bonchev–Trinajstić information content (AvgIpc) is 2.27. The molecule has 0 radical (unpaired) electrons. The smallest absolute Gasteiger partial charge is 0.274 e. The lowest BCUT2D eigenvalue weighted by atomic mass is 10.2. The summed E-state index contributed by atoms with van der Waals surface area (Å²) < 4.78 is 13.1. The van der Waals surface area contributed by atoms with Gasteiger partial charge in [0.05, 0.1) is 11.0 Å². The molecule has 0 saturated heterocycles. The second-order valence-corrected chi connectivity index (χ2v) is 3.92. The van der Waals surface area contributed by atoms with Gasteiger partial charge in [0, 0.05) is 38.8 Å². The first kappa shape index (κ1) is 13.9. The first-order valence-corrected chi connectivity index (χ1v) is 5.29. The Morgan fingerprint density at radius 3 is 2.67 bits per heavy atom. The van der Waals surface area contributed by atoms with E-state index in [2.05, 4.69) is 5.32 Å². The highest BCUT2D eigenvalue weighted by Gasteiger charge is 2.10. The maximum absolute atomic E-state index is 13.1. The molecule has 1 N–H and O–H groups in total. The van der Waals surface area contributed by atoms with Crippen molar-refractivity contribution in [3.05, 3.63) is 34.1 Å². The predicted molar refractivity (Wildman–Crippen MR) is 64.9 cm³/mol. The summed E-state index contributed by atoms with van der Waals surface area (Å²) in [7, 11) is 3.27. The fourth-order valence-corrected chi connectivity index (χ4v) is 1.32. The molecule has 0 heterocycles. The molecule has 0 unspecified atom stereocenters. The zero-order valence-corrected chi connectivity index (χ0v) is 10.1. The lowest BCUT2D eigenvalue weighted by Gasteiger charge is -2.11. The fraction of sp³-hybridized carbons (Fsp3) is 0.364. The molecular weight excluding hydrogens is 241 g/mol. The molecule has 0 aliphatic heterocycles. The van der Waals surface area contributed by atoms with Crippen LogP contribution in [0.1, 0.15) is 6.42 Å². The summed E-state index contributed by atoms with van der Waals surface area (Å²) in [5, 5.41) is 13.3. The van der Waals surface area contributed by atoms with Gasteiger partial charge < -0.3 is 10.2 Å². The lowest BCUT2D eigenvalue weighted by Crippen LogP contribution is -2.23. The van der Waals surface area contributed by atoms with Crippen molar-refractivity contribution < 1.29 is 14.1 Å². The zero-order chi connectivity index (χ0) is 13.7. The van der Waals surface area contributed by atoms with Crippen LogP contribution < -0.4 is 5.32 Å². The van der Waals surface area contributed by atoms with Crippen LogP contribution in [-0.2, 0) is 4.79 Å². The van der Waals surface area contributed by atoms with Crippen molar-refractivity contribution in [1.29, 1.82) is 0 Å². The Kier molecular flexibility index (Phi) is 4.59. The van der Waals surface area contributed by atoms with E-state index in [4.69, 9.17) is 0 Å². The van der Waals surface area contributed by atoms with Crippen molar-refractivity contribution in [2.45, 2.75) is 6.42 Å². The molecule has 98 valence electrons. The molecule has 0 saturated carbocycles.